The van der Waals surface area contributed by atoms with Gasteiger partial charge in [0.2, 0.25) is 5.75 Å². The SMILES string of the molecule is COc1cc2c(NCCn3cccn3)ncnc2c(OC)c1OC. The molecule has 0 saturated carbocycles. The lowest BCUT2D eigenvalue weighted by Crippen LogP contribution is -2.12. The second-order valence-corrected chi connectivity index (χ2v) is 4.96. The van der Waals surface area contributed by atoms with Crippen molar-refractivity contribution in [1.29, 1.82) is 0 Å². The minimum atomic E-state index is 0.508. The monoisotopic (exact) mass is 329 g/mol. The molecule has 0 fully saturated rings. The molecule has 3 rings (SSSR count). The summed E-state index contributed by atoms with van der Waals surface area (Å²) in [4.78, 5) is 8.65. The lowest BCUT2D eigenvalue weighted by Gasteiger charge is -2.15. The first-order chi connectivity index (χ1) is 11.8. The maximum atomic E-state index is 5.47. The summed E-state index contributed by atoms with van der Waals surface area (Å²) < 4.78 is 18.1. The molecule has 126 valence electrons. The van der Waals surface area contributed by atoms with E-state index >= 15 is 0 Å². The predicted octanol–water partition coefficient (Wildman–Crippen LogP) is 1.96. The van der Waals surface area contributed by atoms with Gasteiger partial charge in [-0.3, -0.25) is 4.68 Å². The van der Waals surface area contributed by atoms with E-state index in [1.807, 2.05) is 23.0 Å². The van der Waals surface area contributed by atoms with Gasteiger partial charge in [-0.05, 0) is 12.1 Å². The molecule has 24 heavy (non-hydrogen) atoms. The smallest absolute Gasteiger partial charge is 0.205 e. The van der Waals surface area contributed by atoms with Crippen LogP contribution in [0.5, 0.6) is 17.2 Å². The number of benzene rings is 1. The number of methoxy groups -OCH3 is 3. The summed E-state index contributed by atoms with van der Waals surface area (Å²) in [5.74, 6) is 2.29. The highest BCUT2D eigenvalue weighted by Crippen LogP contribution is 2.43. The third-order valence-electron chi connectivity index (χ3n) is 3.63. The third kappa shape index (κ3) is 2.90. The Morgan fingerprint density at radius 3 is 2.58 bits per heavy atom. The fourth-order valence-electron chi connectivity index (χ4n) is 2.53. The number of nitrogens with one attached hydrogen (secondary N) is 1. The molecule has 0 atom stereocenters. The number of ether oxygens (including phenoxy) is 3. The second-order valence-electron chi connectivity index (χ2n) is 4.96. The molecule has 1 aromatic carbocycles. The molecular weight excluding hydrogens is 310 g/mol. The molecule has 0 unspecified atom stereocenters. The Morgan fingerprint density at radius 2 is 1.92 bits per heavy atom. The van der Waals surface area contributed by atoms with Crippen molar-refractivity contribution in [3.05, 3.63) is 30.9 Å². The summed E-state index contributed by atoms with van der Waals surface area (Å²) in [5.41, 5.74) is 0.659. The second kappa shape index (κ2) is 7.03. The number of rotatable bonds is 7. The quantitative estimate of drug-likeness (QED) is 0.709. The average molecular weight is 329 g/mol. The maximum Gasteiger partial charge on any atom is 0.205 e. The highest BCUT2D eigenvalue weighted by Gasteiger charge is 2.19. The third-order valence-corrected chi connectivity index (χ3v) is 3.63. The normalized spacial score (nSPS) is 10.6. The highest BCUT2D eigenvalue weighted by atomic mass is 16.5. The molecule has 2 aromatic heterocycles. The fourth-order valence-corrected chi connectivity index (χ4v) is 2.53. The minimum Gasteiger partial charge on any atom is -0.493 e. The van der Waals surface area contributed by atoms with E-state index in [2.05, 4.69) is 20.4 Å². The molecular formula is C16H19N5O3. The van der Waals surface area contributed by atoms with E-state index in [9.17, 15) is 0 Å². The summed E-state index contributed by atoms with van der Waals surface area (Å²) >= 11 is 0. The zero-order chi connectivity index (χ0) is 16.9. The Hall–Kier alpha value is -3.03. The minimum absolute atomic E-state index is 0.508. The molecule has 8 nitrogen and oxygen atoms in total. The van der Waals surface area contributed by atoms with Gasteiger partial charge in [-0.15, -0.1) is 0 Å². The van der Waals surface area contributed by atoms with Gasteiger partial charge in [0.15, 0.2) is 11.5 Å². The van der Waals surface area contributed by atoms with Crippen LogP contribution in [0.3, 0.4) is 0 Å². The predicted molar refractivity (Wildman–Crippen MR) is 89.9 cm³/mol. The lowest BCUT2D eigenvalue weighted by molar-refractivity contribution is 0.327. The van der Waals surface area contributed by atoms with Crippen LogP contribution in [0.25, 0.3) is 10.9 Å². The lowest BCUT2D eigenvalue weighted by atomic mass is 10.2. The molecule has 3 aromatic rings. The van der Waals surface area contributed by atoms with Crippen LogP contribution < -0.4 is 19.5 Å². The van der Waals surface area contributed by atoms with Crippen LogP contribution in [0.4, 0.5) is 5.82 Å². The molecule has 0 radical (unpaired) electrons. The molecule has 0 aliphatic carbocycles. The number of nitrogens with zero attached hydrogens (tertiary/aromatic N) is 4. The Kier molecular flexibility index (Phi) is 4.64. The average Bonchev–Trinajstić information content (AvgIpc) is 3.13. The zero-order valence-electron chi connectivity index (χ0n) is 13.8. The van der Waals surface area contributed by atoms with Crippen molar-refractivity contribution in [3.8, 4) is 17.2 Å². The first-order valence-electron chi connectivity index (χ1n) is 7.43. The largest absolute Gasteiger partial charge is 0.493 e. The number of hydrogen-bond acceptors (Lipinski definition) is 7. The van der Waals surface area contributed by atoms with Crippen molar-refractivity contribution in [3.63, 3.8) is 0 Å². The standard InChI is InChI=1S/C16H19N5O3/c1-22-12-9-11-13(15(24-3)14(12)23-2)18-10-19-16(11)17-6-8-21-7-4-5-20-21/h4-5,7,9-10H,6,8H2,1-3H3,(H,17,18,19). The first kappa shape index (κ1) is 15.9. The Bertz CT molecular complexity index is 820. The van der Waals surface area contributed by atoms with Gasteiger partial charge in [0.25, 0.3) is 0 Å². The molecule has 0 aliphatic rings. The summed E-state index contributed by atoms with van der Waals surface area (Å²) in [7, 11) is 4.72. The molecule has 0 amide bonds. The molecule has 0 spiro atoms. The highest BCUT2D eigenvalue weighted by molar-refractivity contribution is 5.96. The van der Waals surface area contributed by atoms with Crippen molar-refractivity contribution in [2.45, 2.75) is 6.54 Å². The summed E-state index contributed by atoms with van der Waals surface area (Å²) in [5, 5.41) is 8.28. The Balaban J connectivity index is 1.96. The van der Waals surface area contributed by atoms with Gasteiger partial charge in [-0.25, -0.2) is 9.97 Å². The fraction of sp³-hybridized carbons (Fsp3) is 0.312. The van der Waals surface area contributed by atoms with E-state index in [-0.39, 0.29) is 0 Å². The Labute approximate surface area is 139 Å². The van der Waals surface area contributed by atoms with Gasteiger partial charge in [0.05, 0.1) is 33.3 Å². The van der Waals surface area contributed by atoms with Crippen LogP contribution >= 0.6 is 0 Å². The molecule has 0 saturated heterocycles. The van der Waals surface area contributed by atoms with E-state index in [0.717, 1.165) is 11.9 Å². The van der Waals surface area contributed by atoms with E-state index < -0.39 is 0 Å². The van der Waals surface area contributed by atoms with E-state index in [0.29, 0.717) is 35.1 Å². The number of anilines is 1. The topological polar surface area (TPSA) is 83.3 Å². The molecule has 1 N–H and O–H groups in total. The van der Waals surface area contributed by atoms with Crippen LogP contribution in [0.15, 0.2) is 30.9 Å². The summed E-state index contributed by atoms with van der Waals surface area (Å²) in [6, 6.07) is 3.73. The van der Waals surface area contributed by atoms with E-state index in [1.54, 1.807) is 27.5 Å². The number of fused-ring (bicyclic) bond motifs is 1. The number of aromatic nitrogens is 4. The van der Waals surface area contributed by atoms with Gasteiger partial charge in [-0.2, -0.15) is 5.10 Å². The van der Waals surface area contributed by atoms with Gasteiger partial charge < -0.3 is 19.5 Å². The Morgan fingerprint density at radius 1 is 1.08 bits per heavy atom. The molecule has 2 heterocycles. The van der Waals surface area contributed by atoms with Crippen LogP contribution in [-0.4, -0.2) is 47.6 Å². The van der Waals surface area contributed by atoms with Crippen LogP contribution in [0.2, 0.25) is 0 Å². The van der Waals surface area contributed by atoms with E-state index in [4.69, 9.17) is 14.2 Å². The number of hydrogen-bond donors (Lipinski definition) is 1. The van der Waals surface area contributed by atoms with Crippen molar-refractivity contribution >= 4 is 16.7 Å². The van der Waals surface area contributed by atoms with Crippen molar-refractivity contribution in [1.82, 2.24) is 19.7 Å². The van der Waals surface area contributed by atoms with Crippen molar-refractivity contribution in [2.75, 3.05) is 33.2 Å². The van der Waals surface area contributed by atoms with Gasteiger partial charge in [-0.1, -0.05) is 0 Å². The first-order valence-corrected chi connectivity index (χ1v) is 7.43. The van der Waals surface area contributed by atoms with Crippen molar-refractivity contribution < 1.29 is 14.2 Å². The molecule has 8 heteroatoms. The van der Waals surface area contributed by atoms with Crippen LogP contribution in [0, 0.1) is 0 Å². The maximum absolute atomic E-state index is 5.47. The van der Waals surface area contributed by atoms with Gasteiger partial charge in [0.1, 0.15) is 17.7 Å². The summed E-state index contributed by atoms with van der Waals surface area (Å²) in [6.07, 6.45) is 5.16. The van der Waals surface area contributed by atoms with Gasteiger partial charge in [0, 0.05) is 18.9 Å². The van der Waals surface area contributed by atoms with Crippen LogP contribution in [0.1, 0.15) is 0 Å². The molecule has 0 bridgehead atoms. The molecule has 0 aliphatic heterocycles. The van der Waals surface area contributed by atoms with E-state index in [1.165, 1.54) is 6.33 Å². The van der Waals surface area contributed by atoms with Crippen molar-refractivity contribution in [2.24, 2.45) is 0 Å². The zero-order valence-corrected chi connectivity index (χ0v) is 13.8. The van der Waals surface area contributed by atoms with Crippen LogP contribution in [-0.2, 0) is 6.54 Å². The van der Waals surface area contributed by atoms with Gasteiger partial charge >= 0.3 is 0 Å². The summed E-state index contributed by atoms with van der Waals surface area (Å²) in [6.45, 7) is 1.40.